The summed E-state index contributed by atoms with van der Waals surface area (Å²) in [4.78, 5) is 26.5. The van der Waals surface area contributed by atoms with Crippen LogP contribution < -0.4 is 0 Å². The van der Waals surface area contributed by atoms with Gasteiger partial charge in [0.05, 0.1) is 6.10 Å². The number of hydrogen-bond donors (Lipinski definition) is 0. The number of esters is 1. The first-order valence-electron chi connectivity index (χ1n) is 14.8. The van der Waals surface area contributed by atoms with Crippen LogP contribution in [0.3, 0.4) is 0 Å². The average Bonchev–Trinajstić information content (AvgIpc) is 3.26. The number of rotatable bonds is 1. The predicted octanol–water partition coefficient (Wildman–Crippen LogP) is 6.12. The van der Waals surface area contributed by atoms with Crippen LogP contribution in [0.15, 0.2) is 11.6 Å². The van der Waals surface area contributed by atoms with Crippen LogP contribution in [0.5, 0.6) is 0 Å². The number of nitrogens with zero attached hydrogens (tertiary/aromatic N) is 1. The van der Waals surface area contributed by atoms with Gasteiger partial charge in [0.15, 0.2) is 0 Å². The van der Waals surface area contributed by atoms with Crippen LogP contribution in [0.2, 0.25) is 0 Å². The molecule has 0 aromatic heterocycles. The molecule has 0 radical (unpaired) electrons. The zero-order valence-corrected chi connectivity index (χ0v) is 23.3. The lowest BCUT2D eigenvalue weighted by molar-refractivity contribution is -0.200. The van der Waals surface area contributed by atoms with Crippen molar-refractivity contribution in [3.05, 3.63) is 11.6 Å². The van der Waals surface area contributed by atoms with Crippen LogP contribution >= 0.6 is 0 Å². The Morgan fingerprint density at radius 3 is 2.56 bits per heavy atom. The van der Waals surface area contributed by atoms with E-state index in [0.717, 1.165) is 56.9 Å². The number of carbonyl (C=O) groups excluding carboxylic acids is 2. The van der Waals surface area contributed by atoms with E-state index in [9.17, 15) is 9.59 Å². The van der Waals surface area contributed by atoms with Gasteiger partial charge in [-0.2, -0.15) is 0 Å². The van der Waals surface area contributed by atoms with Gasteiger partial charge in [0, 0.05) is 32.7 Å². The molecule has 36 heavy (non-hydrogen) atoms. The molecule has 0 unspecified atom stereocenters. The van der Waals surface area contributed by atoms with Gasteiger partial charge in [-0.25, -0.2) is 0 Å². The minimum absolute atomic E-state index is 0.0611. The molecule has 1 amide bonds. The summed E-state index contributed by atoms with van der Waals surface area (Å²) in [5.74, 6) is 3.64. The number of fused-ring (bicyclic) bond motifs is 7. The molecule has 2 heterocycles. The van der Waals surface area contributed by atoms with E-state index in [0.29, 0.717) is 23.7 Å². The van der Waals surface area contributed by atoms with Crippen molar-refractivity contribution in [2.75, 3.05) is 6.54 Å². The summed E-state index contributed by atoms with van der Waals surface area (Å²) in [5, 5.41) is 0. The van der Waals surface area contributed by atoms with Gasteiger partial charge in [-0.3, -0.25) is 9.59 Å². The van der Waals surface area contributed by atoms with Gasteiger partial charge < -0.3 is 14.4 Å². The second-order valence-corrected chi connectivity index (χ2v) is 14.1. The maximum absolute atomic E-state index is 12.8. The molecule has 6 aliphatic rings. The van der Waals surface area contributed by atoms with Crippen molar-refractivity contribution in [3.63, 3.8) is 0 Å². The zero-order valence-electron chi connectivity index (χ0n) is 23.3. The molecule has 0 N–H and O–H groups in total. The molecule has 200 valence electrons. The molecule has 2 saturated heterocycles. The van der Waals surface area contributed by atoms with Crippen LogP contribution in [-0.4, -0.2) is 41.3 Å². The first-order valence-corrected chi connectivity index (χ1v) is 14.8. The monoisotopic (exact) mass is 497 g/mol. The number of allylic oxidation sites excluding steroid dienone is 1. The standard InChI is InChI=1S/C31H47NO4/c1-18-9-14-31(32(17-18)20(3)33)19(2)28-27(36-31)16-26-24-8-7-22-15-23(35-21(4)34)10-12-29(22,5)25(24)11-13-30(26,28)6/h7,18-19,23-28H,8-17H2,1-6H3/t18-,19-,23-,24+,25-,26-,27-,28-,29-,30-,31+/m0/s1. The minimum atomic E-state index is -0.390. The van der Waals surface area contributed by atoms with E-state index >= 15 is 0 Å². The van der Waals surface area contributed by atoms with E-state index in [-0.39, 0.29) is 40.6 Å². The number of amides is 1. The molecule has 5 nitrogen and oxygen atoms in total. The Bertz CT molecular complexity index is 976. The first-order chi connectivity index (χ1) is 17.0. The highest BCUT2D eigenvalue weighted by molar-refractivity contribution is 5.74. The second-order valence-electron chi connectivity index (χ2n) is 14.1. The first kappa shape index (κ1) is 24.9. The summed E-state index contributed by atoms with van der Waals surface area (Å²) in [5.41, 5.74) is 1.70. The quantitative estimate of drug-likeness (QED) is 0.324. The average molecular weight is 498 g/mol. The molecule has 3 saturated carbocycles. The largest absolute Gasteiger partial charge is 0.462 e. The van der Waals surface area contributed by atoms with Crippen LogP contribution in [0.25, 0.3) is 0 Å². The Kier molecular flexibility index (Phi) is 5.76. The normalized spacial score (nSPS) is 51.6. The lowest BCUT2D eigenvalue weighted by atomic mass is 9.46. The molecule has 2 aliphatic heterocycles. The number of hydrogen-bond acceptors (Lipinski definition) is 4. The highest BCUT2D eigenvalue weighted by atomic mass is 16.5. The molecule has 4 aliphatic carbocycles. The Morgan fingerprint density at radius 2 is 1.83 bits per heavy atom. The van der Waals surface area contributed by atoms with E-state index in [1.54, 1.807) is 12.5 Å². The number of carbonyl (C=O) groups is 2. The van der Waals surface area contributed by atoms with Gasteiger partial charge in [-0.1, -0.05) is 39.3 Å². The van der Waals surface area contributed by atoms with Gasteiger partial charge >= 0.3 is 5.97 Å². The molecule has 1 spiro atoms. The number of ether oxygens (including phenoxy) is 2. The lowest BCUT2D eigenvalue weighted by Crippen LogP contribution is -2.60. The molecule has 0 aromatic rings. The highest BCUT2D eigenvalue weighted by Gasteiger charge is 2.69. The van der Waals surface area contributed by atoms with Gasteiger partial charge in [0.25, 0.3) is 0 Å². The topological polar surface area (TPSA) is 55.8 Å². The van der Waals surface area contributed by atoms with Crippen LogP contribution in [0.4, 0.5) is 0 Å². The van der Waals surface area contributed by atoms with E-state index in [1.165, 1.54) is 26.2 Å². The molecule has 5 heteroatoms. The van der Waals surface area contributed by atoms with Crippen LogP contribution in [-0.2, 0) is 19.1 Å². The third-order valence-electron chi connectivity index (χ3n) is 12.4. The van der Waals surface area contributed by atoms with Crippen molar-refractivity contribution in [1.82, 2.24) is 4.90 Å². The fraction of sp³-hybridized carbons (Fsp3) is 0.871. The minimum Gasteiger partial charge on any atom is -0.462 e. The predicted molar refractivity (Wildman–Crippen MR) is 139 cm³/mol. The number of likely N-dealkylation sites (tertiary alicyclic amines) is 1. The Labute approximate surface area is 217 Å². The summed E-state index contributed by atoms with van der Waals surface area (Å²) in [7, 11) is 0. The molecule has 0 bridgehead atoms. The fourth-order valence-electron chi connectivity index (χ4n) is 10.8. The smallest absolute Gasteiger partial charge is 0.302 e. The van der Waals surface area contributed by atoms with Crippen molar-refractivity contribution >= 4 is 11.9 Å². The molecule has 11 atom stereocenters. The molecular weight excluding hydrogens is 450 g/mol. The summed E-state index contributed by atoms with van der Waals surface area (Å²) in [6.07, 6.45) is 13.0. The molecule has 5 fully saturated rings. The Hall–Kier alpha value is -1.36. The van der Waals surface area contributed by atoms with Crippen molar-refractivity contribution in [1.29, 1.82) is 0 Å². The number of piperidine rings is 1. The summed E-state index contributed by atoms with van der Waals surface area (Å²) < 4.78 is 12.7. The van der Waals surface area contributed by atoms with E-state index in [4.69, 9.17) is 9.47 Å². The Balaban J connectivity index is 1.26. The highest BCUT2D eigenvalue weighted by Crippen LogP contribution is 2.70. The van der Waals surface area contributed by atoms with Crippen molar-refractivity contribution in [3.8, 4) is 0 Å². The van der Waals surface area contributed by atoms with Crippen molar-refractivity contribution in [2.24, 2.45) is 46.3 Å². The third-order valence-corrected chi connectivity index (χ3v) is 12.4. The second kappa shape index (κ2) is 8.32. The van der Waals surface area contributed by atoms with Gasteiger partial charge in [-0.15, -0.1) is 0 Å². The van der Waals surface area contributed by atoms with Gasteiger partial charge in [-0.05, 0) is 91.8 Å². The zero-order chi connectivity index (χ0) is 25.6. The van der Waals surface area contributed by atoms with Crippen LogP contribution in [0, 0.1) is 46.3 Å². The van der Waals surface area contributed by atoms with Gasteiger partial charge in [0.1, 0.15) is 11.8 Å². The SMILES string of the molecule is CC(=O)O[C@H]1CC[C@@]2(C)C(=CC[C@H]3[C@@H]4C[C@@H]5O[C@]6(CC[C@H](C)CN6C(C)=O)[C@@H](C)[C@@H]5[C@@]4(C)CC[C@@H]32)C1. The van der Waals surface area contributed by atoms with Gasteiger partial charge in [0.2, 0.25) is 5.91 Å². The summed E-state index contributed by atoms with van der Waals surface area (Å²) in [6, 6.07) is 0. The van der Waals surface area contributed by atoms with E-state index in [2.05, 4.69) is 38.7 Å². The van der Waals surface area contributed by atoms with Crippen LogP contribution in [0.1, 0.15) is 99.3 Å². The molecule has 6 rings (SSSR count). The third kappa shape index (κ3) is 3.36. The van der Waals surface area contributed by atoms with Crippen molar-refractivity contribution in [2.45, 2.75) is 117 Å². The van der Waals surface area contributed by atoms with Crippen molar-refractivity contribution < 1.29 is 19.1 Å². The molecule has 0 aromatic carbocycles. The summed E-state index contributed by atoms with van der Waals surface area (Å²) in [6.45, 7) is 13.9. The summed E-state index contributed by atoms with van der Waals surface area (Å²) >= 11 is 0. The maximum Gasteiger partial charge on any atom is 0.302 e. The van der Waals surface area contributed by atoms with E-state index < -0.39 is 0 Å². The maximum atomic E-state index is 12.8. The fourth-order valence-corrected chi connectivity index (χ4v) is 10.8. The lowest BCUT2D eigenvalue weighted by Gasteiger charge is -2.59. The molecular formula is C31H47NO4. The Morgan fingerprint density at radius 1 is 1.06 bits per heavy atom. The van der Waals surface area contributed by atoms with E-state index in [1.807, 2.05) is 0 Å².